The van der Waals surface area contributed by atoms with Crippen LogP contribution in [0.25, 0.3) is 11.1 Å². The minimum Gasteiger partial charge on any atom is -0.423 e. The van der Waals surface area contributed by atoms with E-state index in [0.29, 0.717) is 34.0 Å². The fourth-order valence-corrected chi connectivity index (χ4v) is 3.00. The normalized spacial score (nSPS) is 10.8. The van der Waals surface area contributed by atoms with Crippen LogP contribution in [0.4, 0.5) is 37.7 Å². The van der Waals surface area contributed by atoms with E-state index in [-0.39, 0.29) is 13.8 Å². The Balaban J connectivity index is 0.000000533. The van der Waals surface area contributed by atoms with Crippen molar-refractivity contribution < 1.29 is 45.4 Å². The summed E-state index contributed by atoms with van der Waals surface area (Å²) < 4.78 is 72.9. The molecule has 222 valence electrons. The van der Waals surface area contributed by atoms with Gasteiger partial charge in [-0.15, -0.1) is 0 Å². The van der Waals surface area contributed by atoms with Crippen LogP contribution in [0.15, 0.2) is 97.1 Å². The zero-order chi connectivity index (χ0) is 31.5. The molecule has 0 radical (unpaired) electrons. The maximum atomic E-state index is 12.2. The Hall–Kier alpha value is -5.00. The molecule has 0 aromatic heterocycles. The third-order valence-electron chi connectivity index (χ3n) is 4.76. The van der Waals surface area contributed by atoms with Gasteiger partial charge < -0.3 is 20.9 Å². The van der Waals surface area contributed by atoms with Crippen LogP contribution in [0.2, 0.25) is 0 Å². The highest BCUT2D eigenvalue weighted by molar-refractivity contribution is 5.92. The fourth-order valence-electron chi connectivity index (χ4n) is 3.00. The molecule has 4 N–H and O–H groups in total. The molecule has 42 heavy (non-hydrogen) atoms. The van der Waals surface area contributed by atoms with Crippen LogP contribution in [-0.2, 0) is 0 Å². The van der Waals surface area contributed by atoms with Gasteiger partial charge in [-0.2, -0.15) is 26.3 Å². The van der Waals surface area contributed by atoms with Crippen molar-refractivity contribution in [2.45, 2.75) is 26.2 Å². The number of benzene rings is 4. The van der Waals surface area contributed by atoms with Gasteiger partial charge in [-0.05, 0) is 83.9 Å². The first-order valence-corrected chi connectivity index (χ1v) is 12.0. The van der Waals surface area contributed by atoms with Gasteiger partial charge in [0.1, 0.15) is 11.5 Å². The molecule has 4 aromatic rings. The molecule has 0 bridgehead atoms. The van der Waals surface area contributed by atoms with Crippen molar-refractivity contribution in [3.63, 3.8) is 0 Å². The van der Waals surface area contributed by atoms with Gasteiger partial charge in [0.05, 0.1) is 11.1 Å². The number of alkyl halides is 6. The first kappa shape index (κ1) is 33.2. The number of hydrogen-bond donors (Lipinski definition) is 2. The molecule has 0 atom stereocenters. The van der Waals surface area contributed by atoms with Crippen molar-refractivity contribution in [1.29, 1.82) is 0 Å². The Morgan fingerprint density at radius 2 is 0.738 bits per heavy atom. The molecule has 0 amide bonds. The van der Waals surface area contributed by atoms with Crippen molar-refractivity contribution >= 4 is 23.3 Å². The van der Waals surface area contributed by atoms with E-state index in [1.165, 1.54) is 0 Å². The molecule has 0 aliphatic carbocycles. The molecule has 12 heteroatoms. The van der Waals surface area contributed by atoms with Crippen LogP contribution in [-0.4, -0.2) is 24.3 Å². The number of esters is 2. The highest BCUT2D eigenvalue weighted by Gasteiger charge is 2.16. The van der Waals surface area contributed by atoms with E-state index < -0.39 is 24.3 Å². The lowest BCUT2D eigenvalue weighted by molar-refractivity contribution is -0.111. The van der Waals surface area contributed by atoms with E-state index >= 15 is 0 Å². The largest absolute Gasteiger partial charge is 0.423 e. The molecule has 0 unspecified atom stereocenters. The maximum absolute atomic E-state index is 12.2. The lowest BCUT2D eigenvalue weighted by Gasteiger charge is -2.08. The number of ether oxygens (including phenoxy) is 2. The van der Waals surface area contributed by atoms with E-state index in [4.69, 9.17) is 20.9 Å². The topological polar surface area (TPSA) is 105 Å². The van der Waals surface area contributed by atoms with Gasteiger partial charge in [0.2, 0.25) is 0 Å². The molecule has 4 rings (SSSR count). The minimum atomic E-state index is -4.00. The van der Waals surface area contributed by atoms with E-state index in [1.54, 1.807) is 72.8 Å². The molecular weight excluding hydrogens is 566 g/mol. The molecule has 0 saturated carbocycles. The zero-order valence-electron chi connectivity index (χ0n) is 22.3. The van der Waals surface area contributed by atoms with Gasteiger partial charge in [-0.25, -0.2) is 9.59 Å². The highest BCUT2D eigenvalue weighted by Crippen LogP contribution is 2.25. The van der Waals surface area contributed by atoms with E-state index in [0.717, 1.165) is 11.1 Å². The van der Waals surface area contributed by atoms with Crippen LogP contribution in [0, 0.1) is 0 Å². The molecular formula is C30H26F6N2O4. The second kappa shape index (κ2) is 14.6. The Bertz CT molecular complexity index is 1310. The number of hydrogen-bond acceptors (Lipinski definition) is 6. The van der Waals surface area contributed by atoms with Gasteiger partial charge >= 0.3 is 24.3 Å². The standard InChI is InChI=1S/C26H20N2O4.2C2H3F3/c27-21-9-1-19(2-10-21)25(29)31-23-13-5-17(6-14-23)18-7-15-24(16-8-18)32-26(30)20-3-11-22(28)12-4-20;2*1-2(3,4)5/h1-16H,27-28H2;2*1H3. The molecule has 4 aromatic carbocycles. The summed E-state index contributed by atoms with van der Waals surface area (Å²) >= 11 is 0. The zero-order valence-corrected chi connectivity index (χ0v) is 22.3. The average Bonchev–Trinajstić information content (AvgIpc) is 2.88. The van der Waals surface area contributed by atoms with E-state index in [1.807, 2.05) is 24.3 Å². The van der Waals surface area contributed by atoms with Crippen molar-refractivity contribution in [2.75, 3.05) is 11.5 Å². The molecule has 6 nitrogen and oxygen atoms in total. The Morgan fingerprint density at radius 1 is 0.500 bits per heavy atom. The van der Waals surface area contributed by atoms with Crippen LogP contribution in [0.5, 0.6) is 11.5 Å². The maximum Gasteiger partial charge on any atom is 0.386 e. The smallest absolute Gasteiger partial charge is 0.386 e. The van der Waals surface area contributed by atoms with Crippen molar-refractivity contribution in [3.05, 3.63) is 108 Å². The summed E-state index contributed by atoms with van der Waals surface area (Å²) in [7, 11) is 0. The van der Waals surface area contributed by atoms with Crippen molar-refractivity contribution in [2.24, 2.45) is 0 Å². The number of carbonyl (C=O) groups excluding carboxylic acids is 2. The molecule has 0 saturated heterocycles. The van der Waals surface area contributed by atoms with Gasteiger partial charge in [0, 0.05) is 25.2 Å². The summed E-state index contributed by atoms with van der Waals surface area (Å²) in [5.74, 6) is -0.0377. The van der Waals surface area contributed by atoms with Crippen LogP contribution >= 0.6 is 0 Å². The Morgan fingerprint density at radius 3 is 0.976 bits per heavy atom. The summed E-state index contributed by atoms with van der Waals surface area (Å²) in [6.07, 6.45) is -8.00. The molecule has 0 aliphatic heterocycles. The number of rotatable bonds is 5. The van der Waals surface area contributed by atoms with Crippen LogP contribution < -0.4 is 20.9 Å². The quantitative estimate of drug-likeness (QED) is 0.105. The Kier molecular flexibility index (Phi) is 11.5. The first-order chi connectivity index (χ1) is 19.5. The summed E-state index contributed by atoms with van der Waals surface area (Å²) in [6.45, 7) is 0.375. The van der Waals surface area contributed by atoms with Crippen LogP contribution in [0.3, 0.4) is 0 Å². The lowest BCUT2D eigenvalue weighted by atomic mass is 10.1. The van der Waals surface area contributed by atoms with E-state index in [9.17, 15) is 35.9 Å². The molecule has 0 spiro atoms. The van der Waals surface area contributed by atoms with Gasteiger partial charge in [0.15, 0.2) is 0 Å². The minimum absolute atomic E-state index is 0.188. The van der Waals surface area contributed by atoms with Gasteiger partial charge in [0.25, 0.3) is 0 Å². The number of carbonyl (C=O) groups is 2. The van der Waals surface area contributed by atoms with Gasteiger partial charge in [-0.3, -0.25) is 0 Å². The monoisotopic (exact) mass is 592 g/mol. The highest BCUT2D eigenvalue weighted by atomic mass is 19.4. The predicted molar refractivity (Wildman–Crippen MR) is 147 cm³/mol. The number of anilines is 2. The lowest BCUT2D eigenvalue weighted by Crippen LogP contribution is -2.08. The third-order valence-corrected chi connectivity index (χ3v) is 4.76. The van der Waals surface area contributed by atoms with Gasteiger partial charge in [-0.1, -0.05) is 24.3 Å². The SMILES string of the molecule is CC(F)(F)F.CC(F)(F)F.Nc1ccc(C(=O)Oc2ccc(-c3ccc(OC(=O)c4ccc(N)cc4)cc3)cc2)cc1. The Labute approximate surface area is 237 Å². The number of nitrogens with two attached hydrogens (primary N) is 2. The van der Waals surface area contributed by atoms with Crippen molar-refractivity contribution in [1.82, 2.24) is 0 Å². The van der Waals surface area contributed by atoms with Crippen molar-refractivity contribution in [3.8, 4) is 22.6 Å². The second-order valence-corrected chi connectivity index (χ2v) is 8.63. The molecule has 0 heterocycles. The summed E-state index contributed by atoms with van der Waals surface area (Å²) in [6, 6.07) is 27.4. The summed E-state index contributed by atoms with van der Waals surface area (Å²) in [4.78, 5) is 24.4. The summed E-state index contributed by atoms with van der Waals surface area (Å²) in [5, 5.41) is 0. The first-order valence-electron chi connectivity index (χ1n) is 12.0. The number of halogens is 6. The third kappa shape index (κ3) is 13.4. The molecule has 0 aliphatic rings. The molecule has 0 fully saturated rings. The second-order valence-electron chi connectivity index (χ2n) is 8.63. The average molecular weight is 593 g/mol. The summed E-state index contributed by atoms with van der Waals surface area (Å²) in [5.41, 5.74) is 15.1. The fraction of sp³-hybridized carbons (Fsp3) is 0.133. The van der Waals surface area contributed by atoms with E-state index in [2.05, 4.69) is 0 Å². The van der Waals surface area contributed by atoms with Crippen LogP contribution in [0.1, 0.15) is 34.6 Å². The predicted octanol–water partition coefficient (Wildman–Crippen LogP) is 8.09. The number of nitrogen functional groups attached to an aromatic ring is 2.